The molecule has 2 aromatic rings. The molecule has 1 aromatic carbocycles. The summed E-state index contributed by atoms with van der Waals surface area (Å²) in [5.41, 5.74) is -1.46. The molecule has 2 saturated heterocycles. The number of piperazine rings is 2. The highest BCUT2D eigenvalue weighted by atomic mass is 19.4. The van der Waals surface area contributed by atoms with Crippen LogP contribution in [-0.2, 0) is 11.0 Å². The van der Waals surface area contributed by atoms with Crippen LogP contribution in [0.25, 0.3) is 0 Å². The van der Waals surface area contributed by atoms with Gasteiger partial charge in [-0.3, -0.25) is 19.8 Å². The first-order valence-corrected chi connectivity index (χ1v) is 10.8. The zero-order valence-electron chi connectivity index (χ0n) is 18.3. The van der Waals surface area contributed by atoms with Crippen LogP contribution in [0.3, 0.4) is 0 Å². The number of hydrogen-bond donors (Lipinski definition) is 0. The summed E-state index contributed by atoms with van der Waals surface area (Å²) < 4.78 is 38.9. The second kappa shape index (κ2) is 9.79. The number of benzene rings is 1. The summed E-state index contributed by atoms with van der Waals surface area (Å²) in [6, 6.07) is 4.33. The minimum Gasteiger partial charge on any atom is -0.363 e. The number of carbonyl (C=O) groups excluding carboxylic acids is 1. The second-order valence-corrected chi connectivity index (χ2v) is 8.14. The summed E-state index contributed by atoms with van der Waals surface area (Å²) in [5, 5.41) is 11.4. The topological polar surface area (TPSA) is 98.9 Å². The number of rotatable bonds is 5. The molecule has 2 aliphatic heterocycles. The van der Waals surface area contributed by atoms with Gasteiger partial charge < -0.3 is 14.7 Å². The average Bonchev–Trinajstić information content (AvgIpc) is 2.84. The molecule has 10 nitrogen and oxygen atoms in total. The molecule has 34 heavy (non-hydrogen) atoms. The van der Waals surface area contributed by atoms with Crippen LogP contribution in [0.15, 0.2) is 36.7 Å². The highest BCUT2D eigenvalue weighted by Gasteiger charge is 2.34. The summed E-state index contributed by atoms with van der Waals surface area (Å²) in [6.45, 7) is 4.33. The third-order valence-corrected chi connectivity index (χ3v) is 6.04. The monoisotopic (exact) mass is 479 g/mol. The lowest BCUT2D eigenvalue weighted by Crippen LogP contribution is -2.54. The Kier molecular flexibility index (Phi) is 6.82. The highest BCUT2D eigenvalue weighted by molar-refractivity contribution is 5.78. The third-order valence-electron chi connectivity index (χ3n) is 6.04. The van der Waals surface area contributed by atoms with Crippen molar-refractivity contribution in [2.45, 2.75) is 6.18 Å². The Morgan fingerprint density at radius 1 is 0.971 bits per heavy atom. The molecule has 4 rings (SSSR count). The van der Waals surface area contributed by atoms with Crippen molar-refractivity contribution in [3.05, 3.63) is 52.3 Å². The molecule has 2 aliphatic rings. The molecule has 0 saturated carbocycles. The van der Waals surface area contributed by atoms with E-state index in [1.54, 1.807) is 28.3 Å². The zero-order valence-corrected chi connectivity index (χ0v) is 18.3. The van der Waals surface area contributed by atoms with Gasteiger partial charge in [0, 0.05) is 70.8 Å². The van der Waals surface area contributed by atoms with Gasteiger partial charge in [0.25, 0.3) is 5.69 Å². The Morgan fingerprint density at radius 2 is 1.59 bits per heavy atom. The number of halogens is 3. The number of hydrogen-bond acceptors (Lipinski definition) is 8. The second-order valence-electron chi connectivity index (χ2n) is 8.14. The van der Waals surface area contributed by atoms with Gasteiger partial charge in [-0.2, -0.15) is 13.2 Å². The van der Waals surface area contributed by atoms with Gasteiger partial charge in [0.1, 0.15) is 5.69 Å². The van der Waals surface area contributed by atoms with Crippen molar-refractivity contribution < 1.29 is 22.9 Å². The number of alkyl halides is 3. The quantitative estimate of drug-likeness (QED) is 0.474. The Balaban J connectivity index is 1.30. The minimum absolute atomic E-state index is 0.00240. The van der Waals surface area contributed by atoms with Gasteiger partial charge in [-0.25, -0.2) is 9.97 Å². The molecule has 0 radical (unpaired) electrons. The largest absolute Gasteiger partial charge is 0.416 e. The smallest absolute Gasteiger partial charge is 0.363 e. The molecule has 3 heterocycles. The first kappa shape index (κ1) is 23.7. The van der Waals surface area contributed by atoms with E-state index < -0.39 is 22.4 Å². The normalized spacial score (nSPS) is 17.7. The molecule has 2 fully saturated rings. The summed E-state index contributed by atoms with van der Waals surface area (Å²) >= 11 is 0. The van der Waals surface area contributed by atoms with Crippen molar-refractivity contribution in [2.24, 2.45) is 0 Å². The summed E-state index contributed by atoms with van der Waals surface area (Å²) in [4.78, 5) is 39.3. The molecular weight excluding hydrogens is 455 g/mol. The van der Waals surface area contributed by atoms with Crippen LogP contribution in [0.1, 0.15) is 5.56 Å². The number of carbonyl (C=O) groups is 1. The number of amides is 1. The maximum absolute atomic E-state index is 13.0. The van der Waals surface area contributed by atoms with E-state index in [0.717, 1.165) is 12.1 Å². The van der Waals surface area contributed by atoms with Crippen molar-refractivity contribution in [1.82, 2.24) is 19.8 Å². The molecule has 182 valence electrons. The van der Waals surface area contributed by atoms with Gasteiger partial charge in [0.2, 0.25) is 11.9 Å². The van der Waals surface area contributed by atoms with Gasteiger partial charge in [-0.1, -0.05) is 0 Å². The van der Waals surface area contributed by atoms with Crippen LogP contribution in [0.4, 0.5) is 30.5 Å². The van der Waals surface area contributed by atoms with E-state index >= 15 is 0 Å². The standard InChI is InChI=1S/C21H24F3N7O3/c22-21(23,24)16-2-3-17(18(14-16)31(33)34)28-8-6-27(7-9-28)15-19(32)29-10-12-30(13-11-29)20-25-4-1-5-26-20/h1-5,14H,6-13,15H2. The van der Waals surface area contributed by atoms with Crippen LogP contribution in [0, 0.1) is 10.1 Å². The Morgan fingerprint density at radius 3 is 2.18 bits per heavy atom. The molecule has 0 bridgehead atoms. The molecular formula is C21H24F3N7O3. The van der Waals surface area contributed by atoms with Gasteiger partial charge in [0.05, 0.1) is 17.0 Å². The van der Waals surface area contributed by atoms with E-state index in [9.17, 15) is 28.1 Å². The van der Waals surface area contributed by atoms with Crippen molar-refractivity contribution >= 4 is 23.2 Å². The molecule has 0 spiro atoms. The molecule has 13 heteroatoms. The van der Waals surface area contributed by atoms with Crippen molar-refractivity contribution in [3.63, 3.8) is 0 Å². The lowest BCUT2D eigenvalue weighted by atomic mass is 10.1. The third kappa shape index (κ3) is 5.35. The Labute approximate surface area is 193 Å². The summed E-state index contributed by atoms with van der Waals surface area (Å²) in [7, 11) is 0. The van der Waals surface area contributed by atoms with E-state index in [-0.39, 0.29) is 18.1 Å². The molecule has 0 atom stereocenters. The van der Waals surface area contributed by atoms with Gasteiger partial charge in [0.15, 0.2) is 0 Å². The van der Waals surface area contributed by atoms with E-state index in [1.165, 1.54) is 0 Å². The minimum atomic E-state index is -4.65. The van der Waals surface area contributed by atoms with E-state index in [2.05, 4.69) is 9.97 Å². The lowest BCUT2D eigenvalue weighted by molar-refractivity contribution is -0.384. The van der Waals surface area contributed by atoms with E-state index in [1.807, 2.05) is 9.80 Å². The molecule has 1 amide bonds. The van der Waals surface area contributed by atoms with E-state index in [0.29, 0.717) is 64.4 Å². The number of nitro benzene ring substituents is 1. The van der Waals surface area contributed by atoms with Crippen LogP contribution < -0.4 is 9.80 Å². The first-order chi connectivity index (χ1) is 16.2. The fourth-order valence-electron chi connectivity index (χ4n) is 4.16. The van der Waals surface area contributed by atoms with Crippen LogP contribution in [0.2, 0.25) is 0 Å². The van der Waals surface area contributed by atoms with Crippen LogP contribution in [0.5, 0.6) is 0 Å². The first-order valence-electron chi connectivity index (χ1n) is 10.8. The maximum atomic E-state index is 13.0. The van der Waals surface area contributed by atoms with E-state index in [4.69, 9.17) is 0 Å². The van der Waals surface area contributed by atoms with Gasteiger partial charge >= 0.3 is 6.18 Å². The maximum Gasteiger partial charge on any atom is 0.416 e. The predicted molar refractivity (Wildman–Crippen MR) is 118 cm³/mol. The fraction of sp³-hybridized carbons (Fsp3) is 0.476. The zero-order chi connectivity index (χ0) is 24.3. The Hall–Kier alpha value is -3.48. The highest BCUT2D eigenvalue weighted by Crippen LogP contribution is 2.36. The van der Waals surface area contributed by atoms with Crippen molar-refractivity contribution in [3.8, 4) is 0 Å². The van der Waals surface area contributed by atoms with Crippen LogP contribution >= 0.6 is 0 Å². The van der Waals surface area contributed by atoms with Crippen LogP contribution in [-0.4, -0.2) is 89.5 Å². The SMILES string of the molecule is O=C(CN1CCN(c2ccc(C(F)(F)F)cc2[N+](=O)[O-])CC1)N1CCN(c2ncccn2)CC1. The average molecular weight is 479 g/mol. The van der Waals surface area contributed by atoms with Crippen molar-refractivity contribution in [1.29, 1.82) is 0 Å². The molecule has 0 unspecified atom stereocenters. The molecule has 1 aromatic heterocycles. The number of aromatic nitrogens is 2. The fourth-order valence-corrected chi connectivity index (χ4v) is 4.16. The van der Waals surface area contributed by atoms with Crippen molar-refractivity contribution in [2.75, 3.05) is 68.7 Å². The van der Waals surface area contributed by atoms with Gasteiger partial charge in [-0.05, 0) is 18.2 Å². The lowest BCUT2D eigenvalue weighted by Gasteiger charge is -2.38. The van der Waals surface area contributed by atoms with Gasteiger partial charge in [-0.15, -0.1) is 0 Å². The summed E-state index contributed by atoms with van der Waals surface area (Å²) in [5.74, 6) is 0.644. The summed E-state index contributed by atoms with van der Waals surface area (Å²) in [6.07, 6.45) is -1.29. The number of nitro groups is 1. The molecule has 0 aliphatic carbocycles. The number of nitrogens with zero attached hydrogens (tertiary/aromatic N) is 7. The molecule has 0 N–H and O–H groups in total. The Bertz CT molecular complexity index is 1020. The number of anilines is 2. The predicted octanol–water partition coefficient (Wildman–Crippen LogP) is 1.87.